The van der Waals surface area contributed by atoms with Gasteiger partial charge in [0, 0.05) is 51.0 Å². The van der Waals surface area contributed by atoms with Crippen LogP contribution in [-0.4, -0.2) is 105 Å². The highest BCUT2D eigenvalue weighted by Crippen LogP contribution is 2.32. The number of carbonyl (C=O) groups excluding carboxylic acids is 2. The summed E-state index contributed by atoms with van der Waals surface area (Å²) in [4.78, 5) is 31.5. The standard InChI is InChI=1S/C21H30N4O5/c1-16(21(27)22-17-2-3-18-19(14-17)30-13-12-29-18)24-4-6-25(7-5-24)20(26)15-23-8-10-28-11-9-23/h2-3,14,16H,4-13,15H2,1H3,(H,22,27). The lowest BCUT2D eigenvalue weighted by molar-refractivity contribution is -0.135. The third kappa shape index (κ3) is 5.03. The molecule has 9 nitrogen and oxygen atoms in total. The lowest BCUT2D eigenvalue weighted by Crippen LogP contribution is -2.55. The Kier molecular flexibility index (Phi) is 6.71. The van der Waals surface area contributed by atoms with Crippen LogP contribution in [-0.2, 0) is 14.3 Å². The molecule has 0 saturated carbocycles. The van der Waals surface area contributed by atoms with Crippen LogP contribution < -0.4 is 14.8 Å². The van der Waals surface area contributed by atoms with Gasteiger partial charge >= 0.3 is 0 Å². The maximum absolute atomic E-state index is 12.7. The fourth-order valence-electron chi connectivity index (χ4n) is 3.94. The summed E-state index contributed by atoms with van der Waals surface area (Å²) in [6.07, 6.45) is 0. The molecule has 0 spiro atoms. The summed E-state index contributed by atoms with van der Waals surface area (Å²) < 4.78 is 16.4. The van der Waals surface area contributed by atoms with E-state index in [0.29, 0.717) is 76.3 Å². The third-order valence-electron chi connectivity index (χ3n) is 5.87. The van der Waals surface area contributed by atoms with Crippen molar-refractivity contribution in [1.29, 1.82) is 0 Å². The fourth-order valence-corrected chi connectivity index (χ4v) is 3.94. The number of benzene rings is 1. The molecule has 9 heteroatoms. The maximum atomic E-state index is 12.7. The van der Waals surface area contributed by atoms with Crippen molar-refractivity contribution in [3.05, 3.63) is 18.2 Å². The quantitative estimate of drug-likeness (QED) is 0.735. The van der Waals surface area contributed by atoms with Crippen molar-refractivity contribution in [2.75, 3.05) is 77.6 Å². The molecule has 2 saturated heterocycles. The summed E-state index contributed by atoms with van der Waals surface area (Å²) in [5.74, 6) is 1.44. The van der Waals surface area contributed by atoms with Crippen LogP contribution in [0.2, 0.25) is 0 Å². The molecule has 4 rings (SSSR count). The number of fused-ring (bicyclic) bond motifs is 1. The molecule has 1 N–H and O–H groups in total. The van der Waals surface area contributed by atoms with E-state index < -0.39 is 0 Å². The molecule has 1 aromatic carbocycles. The van der Waals surface area contributed by atoms with Gasteiger partial charge in [0.15, 0.2) is 11.5 Å². The van der Waals surface area contributed by atoms with E-state index in [1.807, 2.05) is 24.0 Å². The first-order valence-corrected chi connectivity index (χ1v) is 10.6. The first kappa shape index (κ1) is 20.9. The van der Waals surface area contributed by atoms with Crippen LogP contribution in [0.25, 0.3) is 0 Å². The summed E-state index contributed by atoms with van der Waals surface area (Å²) in [6, 6.07) is 5.14. The number of rotatable bonds is 5. The van der Waals surface area contributed by atoms with Gasteiger partial charge in [-0.1, -0.05) is 0 Å². The Morgan fingerprint density at radius 3 is 2.40 bits per heavy atom. The van der Waals surface area contributed by atoms with E-state index in [1.165, 1.54) is 0 Å². The molecule has 0 aliphatic carbocycles. The second-order valence-electron chi connectivity index (χ2n) is 7.83. The third-order valence-corrected chi connectivity index (χ3v) is 5.87. The normalized spacial score (nSPS) is 21.2. The highest BCUT2D eigenvalue weighted by Gasteiger charge is 2.28. The fraction of sp³-hybridized carbons (Fsp3) is 0.619. The van der Waals surface area contributed by atoms with E-state index in [9.17, 15) is 9.59 Å². The molecule has 1 aromatic rings. The monoisotopic (exact) mass is 418 g/mol. The van der Waals surface area contributed by atoms with Crippen molar-refractivity contribution < 1.29 is 23.8 Å². The van der Waals surface area contributed by atoms with Crippen molar-refractivity contribution >= 4 is 17.5 Å². The number of amides is 2. The minimum absolute atomic E-state index is 0.0697. The SMILES string of the molecule is CC(C(=O)Nc1ccc2c(c1)OCCO2)N1CCN(C(=O)CN2CCOCC2)CC1. The van der Waals surface area contributed by atoms with Gasteiger partial charge in [-0.3, -0.25) is 19.4 Å². The van der Waals surface area contributed by atoms with Gasteiger partial charge in [-0.05, 0) is 19.1 Å². The molecule has 0 aromatic heterocycles. The van der Waals surface area contributed by atoms with Crippen LogP contribution in [0, 0.1) is 0 Å². The van der Waals surface area contributed by atoms with E-state index in [4.69, 9.17) is 14.2 Å². The number of morpholine rings is 1. The molecule has 3 aliphatic rings. The molecule has 0 bridgehead atoms. The van der Waals surface area contributed by atoms with Crippen molar-refractivity contribution in [3.8, 4) is 11.5 Å². The van der Waals surface area contributed by atoms with Crippen molar-refractivity contribution in [2.45, 2.75) is 13.0 Å². The van der Waals surface area contributed by atoms with Crippen molar-refractivity contribution in [1.82, 2.24) is 14.7 Å². The predicted octanol–water partition coefficient (Wildman–Crippen LogP) is 0.261. The second-order valence-corrected chi connectivity index (χ2v) is 7.83. The van der Waals surface area contributed by atoms with Gasteiger partial charge in [0.25, 0.3) is 0 Å². The molecule has 3 aliphatic heterocycles. The van der Waals surface area contributed by atoms with Crippen LogP contribution in [0.1, 0.15) is 6.92 Å². The van der Waals surface area contributed by atoms with Gasteiger partial charge < -0.3 is 24.4 Å². The zero-order valence-electron chi connectivity index (χ0n) is 17.5. The Balaban J connectivity index is 1.25. The summed E-state index contributed by atoms with van der Waals surface area (Å²) in [7, 11) is 0. The molecule has 164 valence electrons. The number of ether oxygens (including phenoxy) is 3. The zero-order valence-corrected chi connectivity index (χ0v) is 17.5. The lowest BCUT2D eigenvalue weighted by Gasteiger charge is -2.38. The summed E-state index contributed by atoms with van der Waals surface area (Å²) in [5.41, 5.74) is 0.690. The Hall–Kier alpha value is -2.36. The number of piperazine rings is 1. The van der Waals surface area contributed by atoms with Crippen LogP contribution >= 0.6 is 0 Å². The van der Waals surface area contributed by atoms with Gasteiger partial charge in [-0.15, -0.1) is 0 Å². The van der Waals surface area contributed by atoms with Crippen LogP contribution in [0.5, 0.6) is 11.5 Å². The molecule has 0 radical (unpaired) electrons. The highest BCUT2D eigenvalue weighted by molar-refractivity contribution is 5.94. The van der Waals surface area contributed by atoms with Crippen molar-refractivity contribution in [2.24, 2.45) is 0 Å². The number of nitrogens with one attached hydrogen (secondary N) is 1. The largest absolute Gasteiger partial charge is 0.486 e. The number of nitrogens with zero attached hydrogens (tertiary/aromatic N) is 3. The van der Waals surface area contributed by atoms with E-state index in [1.54, 1.807) is 6.07 Å². The average molecular weight is 418 g/mol. The molecule has 2 fully saturated rings. The van der Waals surface area contributed by atoms with Gasteiger partial charge in [0.2, 0.25) is 11.8 Å². The minimum atomic E-state index is -0.283. The van der Waals surface area contributed by atoms with Crippen LogP contribution in [0.15, 0.2) is 18.2 Å². The van der Waals surface area contributed by atoms with Gasteiger partial charge in [0.1, 0.15) is 13.2 Å². The highest BCUT2D eigenvalue weighted by atomic mass is 16.6. The Labute approximate surface area is 176 Å². The average Bonchev–Trinajstić information content (AvgIpc) is 2.79. The Bertz CT molecular complexity index is 760. The molecular formula is C21H30N4O5. The predicted molar refractivity (Wildman–Crippen MR) is 111 cm³/mol. The number of carbonyl (C=O) groups is 2. The first-order valence-electron chi connectivity index (χ1n) is 10.6. The summed E-state index contributed by atoms with van der Waals surface area (Å²) >= 11 is 0. The van der Waals surface area contributed by atoms with Crippen LogP contribution in [0.3, 0.4) is 0 Å². The van der Waals surface area contributed by atoms with E-state index in [-0.39, 0.29) is 17.9 Å². The topological polar surface area (TPSA) is 83.6 Å². The van der Waals surface area contributed by atoms with Gasteiger partial charge in [-0.2, -0.15) is 0 Å². The summed E-state index contributed by atoms with van der Waals surface area (Å²) in [5, 5.41) is 2.96. The molecule has 30 heavy (non-hydrogen) atoms. The zero-order chi connectivity index (χ0) is 20.9. The van der Waals surface area contributed by atoms with E-state index >= 15 is 0 Å². The van der Waals surface area contributed by atoms with Gasteiger partial charge in [0.05, 0.1) is 25.8 Å². The molecule has 2 amide bonds. The number of hydrogen-bond donors (Lipinski definition) is 1. The van der Waals surface area contributed by atoms with Gasteiger partial charge in [-0.25, -0.2) is 0 Å². The lowest BCUT2D eigenvalue weighted by atomic mass is 10.2. The second kappa shape index (κ2) is 9.63. The minimum Gasteiger partial charge on any atom is -0.486 e. The molecule has 3 heterocycles. The van der Waals surface area contributed by atoms with Crippen molar-refractivity contribution in [3.63, 3.8) is 0 Å². The number of anilines is 1. The smallest absolute Gasteiger partial charge is 0.241 e. The molecule has 1 unspecified atom stereocenters. The number of hydrogen-bond acceptors (Lipinski definition) is 7. The maximum Gasteiger partial charge on any atom is 0.241 e. The van der Waals surface area contributed by atoms with E-state index in [0.717, 1.165) is 13.1 Å². The first-order chi connectivity index (χ1) is 14.6. The summed E-state index contributed by atoms with van der Waals surface area (Å²) in [6.45, 7) is 9.05. The van der Waals surface area contributed by atoms with Crippen LogP contribution in [0.4, 0.5) is 5.69 Å². The Morgan fingerprint density at radius 2 is 1.67 bits per heavy atom. The molecule has 1 atom stereocenters. The Morgan fingerprint density at radius 1 is 0.967 bits per heavy atom. The van der Waals surface area contributed by atoms with E-state index in [2.05, 4.69) is 15.1 Å². The molecular weight excluding hydrogens is 388 g/mol.